The van der Waals surface area contributed by atoms with Gasteiger partial charge in [0.05, 0.1) is 12.7 Å². The van der Waals surface area contributed by atoms with Gasteiger partial charge in [-0.05, 0) is 26.3 Å². The zero-order valence-electron chi connectivity index (χ0n) is 9.80. The molecular formula is C12H19N3O. The van der Waals surface area contributed by atoms with Crippen LogP contribution in [0.3, 0.4) is 0 Å². The predicted molar refractivity (Wildman–Crippen MR) is 61.4 cm³/mol. The number of imidazole rings is 1. The molecule has 16 heavy (non-hydrogen) atoms. The van der Waals surface area contributed by atoms with Crippen LogP contribution in [0, 0.1) is 6.92 Å². The Bertz CT molecular complexity index is 359. The van der Waals surface area contributed by atoms with Gasteiger partial charge in [-0.2, -0.15) is 0 Å². The van der Waals surface area contributed by atoms with Crippen LogP contribution in [-0.2, 0) is 4.74 Å². The minimum atomic E-state index is 0.516. The van der Waals surface area contributed by atoms with Gasteiger partial charge in [-0.3, -0.25) is 4.90 Å². The molecule has 3 heterocycles. The first kappa shape index (κ1) is 10.3. The molecule has 2 saturated heterocycles. The van der Waals surface area contributed by atoms with E-state index in [1.807, 2.05) is 6.20 Å². The summed E-state index contributed by atoms with van der Waals surface area (Å²) in [7, 11) is 0. The van der Waals surface area contributed by atoms with Gasteiger partial charge in [0, 0.05) is 31.5 Å². The van der Waals surface area contributed by atoms with Gasteiger partial charge in [-0.25, -0.2) is 4.98 Å². The summed E-state index contributed by atoms with van der Waals surface area (Å²) in [6, 6.07) is 0.606. The second-order valence-corrected chi connectivity index (χ2v) is 4.89. The van der Waals surface area contributed by atoms with Crippen LogP contribution in [0.4, 0.5) is 0 Å². The third-order valence-corrected chi connectivity index (χ3v) is 3.60. The summed E-state index contributed by atoms with van der Waals surface area (Å²) in [5.41, 5.74) is 0. The third-order valence-electron chi connectivity index (χ3n) is 3.60. The Balaban J connectivity index is 1.64. The zero-order valence-corrected chi connectivity index (χ0v) is 9.80. The summed E-state index contributed by atoms with van der Waals surface area (Å²) >= 11 is 0. The van der Waals surface area contributed by atoms with Crippen LogP contribution >= 0.6 is 0 Å². The second-order valence-electron chi connectivity index (χ2n) is 4.89. The maximum absolute atomic E-state index is 5.30. The molecule has 1 aromatic rings. The van der Waals surface area contributed by atoms with Crippen molar-refractivity contribution >= 4 is 0 Å². The molecular weight excluding hydrogens is 202 g/mol. The van der Waals surface area contributed by atoms with Crippen molar-refractivity contribution in [1.29, 1.82) is 0 Å². The molecule has 0 saturated carbocycles. The summed E-state index contributed by atoms with van der Waals surface area (Å²) in [6.45, 7) is 6.54. The highest BCUT2D eigenvalue weighted by molar-refractivity contribution is 4.94. The molecule has 88 valence electrons. The van der Waals surface area contributed by atoms with Crippen molar-refractivity contribution < 1.29 is 4.74 Å². The molecule has 0 aliphatic carbocycles. The lowest BCUT2D eigenvalue weighted by Crippen LogP contribution is -2.38. The van der Waals surface area contributed by atoms with E-state index in [-0.39, 0.29) is 0 Å². The summed E-state index contributed by atoms with van der Waals surface area (Å²) in [6.07, 6.45) is 7.09. The molecule has 0 amide bonds. The van der Waals surface area contributed by atoms with Gasteiger partial charge in [0.25, 0.3) is 0 Å². The van der Waals surface area contributed by atoms with E-state index >= 15 is 0 Å². The predicted octanol–water partition coefficient (Wildman–Crippen LogP) is 1.23. The Labute approximate surface area is 96.2 Å². The van der Waals surface area contributed by atoms with Crippen molar-refractivity contribution in [2.24, 2.45) is 0 Å². The largest absolute Gasteiger partial charge is 0.372 e. The first-order chi connectivity index (χ1) is 7.83. The van der Waals surface area contributed by atoms with Crippen molar-refractivity contribution in [3.63, 3.8) is 0 Å². The molecule has 2 aliphatic heterocycles. The van der Waals surface area contributed by atoms with Crippen molar-refractivity contribution in [1.82, 2.24) is 14.5 Å². The van der Waals surface area contributed by atoms with Crippen LogP contribution in [0.25, 0.3) is 0 Å². The average Bonchev–Trinajstić information content (AvgIpc) is 2.99. The molecule has 3 rings (SSSR count). The molecule has 4 nitrogen and oxygen atoms in total. The average molecular weight is 221 g/mol. The number of ether oxygens (including phenoxy) is 1. The van der Waals surface area contributed by atoms with Crippen LogP contribution in [0.2, 0.25) is 0 Å². The van der Waals surface area contributed by atoms with Gasteiger partial charge in [-0.1, -0.05) is 0 Å². The molecule has 0 N–H and O–H groups in total. The standard InChI is InChI=1S/C12H19N3O/c1-10-13-4-6-15(10)11-3-2-5-14(7-11)8-12-9-16-12/h4,6,11-12H,2-3,5,7-9H2,1H3/t11-,12+/m0/s1. The highest BCUT2D eigenvalue weighted by Crippen LogP contribution is 2.24. The summed E-state index contributed by atoms with van der Waals surface area (Å²) in [5, 5.41) is 0. The van der Waals surface area contributed by atoms with Crippen molar-refractivity contribution in [2.45, 2.75) is 31.9 Å². The molecule has 0 spiro atoms. The number of nitrogens with zero attached hydrogens (tertiary/aromatic N) is 3. The quantitative estimate of drug-likeness (QED) is 0.720. The fourth-order valence-corrected chi connectivity index (χ4v) is 2.66. The second kappa shape index (κ2) is 4.18. The minimum Gasteiger partial charge on any atom is -0.372 e. The fraction of sp³-hybridized carbons (Fsp3) is 0.750. The van der Waals surface area contributed by atoms with Crippen molar-refractivity contribution in [2.75, 3.05) is 26.2 Å². The highest BCUT2D eigenvalue weighted by Gasteiger charge is 2.29. The van der Waals surface area contributed by atoms with Gasteiger partial charge >= 0.3 is 0 Å². The molecule has 1 aromatic heterocycles. The molecule has 0 radical (unpaired) electrons. The first-order valence-electron chi connectivity index (χ1n) is 6.16. The van der Waals surface area contributed by atoms with Crippen LogP contribution < -0.4 is 0 Å². The molecule has 0 unspecified atom stereocenters. The Hall–Kier alpha value is -0.870. The molecule has 2 fully saturated rings. The molecule has 0 bridgehead atoms. The van der Waals surface area contributed by atoms with Crippen LogP contribution in [0.15, 0.2) is 12.4 Å². The third kappa shape index (κ3) is 2.13. The number of epoxide rings is 1. The number of aromatic nitrogens is 2. The molecule has 2 atom stereocenters. The lowest BCUT2D eigenvalue weighted by atomic mass is 10.1. The molecule has 0 aromatic carbocycles. The fourth-order valence-electron chi connectivity index (χ4n) is 2.66. The van der Waals surface area contributed by atoms with Crippen molar-refractivity contribution in [3.8, 4) is 0 Å². The lowest BCUT2D eigenvalue weighted by molar-refractivity contribution is 0.163. The van der Waals surface area contributed by atoms with E-state index in [1.165, 1.54) is 19.4 Å². The number of hydrogen-bond donors (Lipinski definition) is 0. The van der Waals surface area contributed by atoms with Gasteiger partial charge in [0.2, 0.25) is 0 Å². The summed E-state index contributed by atoms with van der Waals surface area (Å²) < 4.78 is 7.62. The maximum Gasteiger partial charge on any atom is 0.105 e. The zero-order chi connectivity index (χ0) is 11.0. The number of rotatable bonds is 3. The topological polar surface area (TPSA) is 33.6 Å². The SMILES string of the molecule is Cc1nccn1[C@H]1CCCN(C[C@@H]2CO2)C1. The number of likely N-dealkylation sites (tertiary alicyclic amines) is 1. The Kier molecular flexibility index (Phi) is 2.69. The van der Waals surface area contributed by atoms with E-state index in [2.05, 4.69) is 27.6 Å². The number of hydrogen-bond acceptors (Lipinski definition) is 3. The lowest BCUT2D eigenvalue weighted by Gasteiger charge is -2.33. The molecule has 2 aliphatic rings. The number of aryl methyl sites for hydroxylation is 1. The van der Waals surface area contributed by atoms with E-state index in [0.29, 0.717) is 12.1 Å². The van der Waals surface area contributed by atoms with Crippen LogP contribution in [-0.4, -0.2) is 46.8 Å². The number of piperidine rings is 1. The van der Waals surface area contributed by atoms with Crippen LogP contribution in [0.5, 0.6) is 0 Å². The van der Waals surface area contributed by atoms with Crippen LogP contribution in [0.1, 0.15) is 24.7 Å². The van der Waals surface area contributed by atoms with Crippen molar-refractivity contribution in [3.05, 3.63) is 18.2 Å². The van der Waals surface area contributed by atoms with E-state index in [9.17, 15) is 0 Å². The Morgan fingerprint density at radius 1 is 1.56 bits per heavy atom. The smallest absolute Gasteiger partial charge is 0.105 e. The normalized spacial score (nSPS) is 30.6. The first-order valence-corrected chi connectivity index (χ1v) is 6.16. The summed E-state index contributed by atoms with van der Waals surface area (Å²) in [5.74, 6) is 1.13. The van der Waals surface area contributed by atoms with E-state index in [1.54, 1.807) is 0 Å². The highest BCUT2D eigenvalue weighted by atomic mass is 16.6. The molecule has 4 heteroatoms. The maximum atomic E-state index is 5.30. The Morgan fingerprint density at radius 2 is 2.44 bits per heavy atom. The monoisotopic (exact) mass is 221 g/mol. The minimum absolute atomic E-state index is 0.516. The van der Waals surface area contributed by atoms with Gasteiger partial charge in [-0.15, -0.1) is 0 Å². The summed E-state index contributed by atoms with van der Waals surface area (Å²) in [4.78, 5) is 6.84. The Morgan fingerprint density at radius 3 is 3.12 bits per heavy atom. The van der Waals surface area contributed by atoms with Gasteiger partial charge < -0.3 is 9.30 Å². The van der Waals surface area contributed by atoms with E-state index < -0.39 is 0 Å². The van der Waals surface area contributed by atoms with Gasteiger partial charge in [0.1, 0.15) is 5.82 Å². The van der Waals surface area contributed by atoms with E-state index in [0.717, 1.165) is 25.5 Å². The van der Waals surface area contributed by atoms with Gasteiger partial charge in [0.15, 0.2) is 0 Å². The van der Waals surface area contributed by atoms with E-state index in [4.69, 9.17) is 4.74 Å².